The molecule has 116 valence electrons. The van der Waals surface area contributed by atoms with Crippen LogP contribution in [-0.4, -0.2) is 12.5 Å². The number of hydrogen-bond donors (Lipinski definition) is 2. The minimum atomic E-state index is -0.0643. The van der Waals surface area contributed by atoms with E-state index in [0.717, 1.165) is 5.56 Å². The Bertz CT molecular complexity index is 662. The molecule has 2 aromatic rings. The molecule has 0 atom stereocenters. The number of carbonyl (C=O) groups excluding carboxylic acids is 1. The first-order valence-corrected chi connectivity index (χ1v) is 7.89. The summed E-state index contributed by atoms with van der Waals surface area (Å²) in [7, 11) is 0. The van der Waals surface area contributed by atoms with Crippen molar-refractivity contribution in [3.8, 4) is 0 Å². The fourth-order valence-electron chi connectivity index (χ4n) is 1.87. The van der Waals surface area contributed by atoms with Gasteiger partial charge in [-0.3, -0.25) is 4.79 Å². The lowest BCUT2D eigenvalue weighted by Gasteiger charge is -2.10. The van der Waals surface area contributed by atoms with Crippen molar-refractivity contribution in [2.45, 2.75) is 13.0 Å². The molecule has 0 bridgehead atoms. The van der Waals surface area contributed by atoms with Crippen LogP contribution in [0.2, 0.25) is 15.1 Å². The second kappa shape index (κ2) is 8.28. The summed E-state index contributed by atoms with van der Waals surface area (Å²) in [5.74, 6) is -0.0643. The lowest BCUT2D eigenvalue weighted by atomic mass is 10.2. The van der Waals surface area contributed by atoms with Gasteiger partial charge in [-0.15, -0.1) is 0 Å². The summed E-state index contributed by atoms with van der Waals surface area (Å²) < 4.78 is 0. The molecule has 0 spiro atoms. The van der Waals surface area contributed by atoms with Gasteiger partial charge in [-0.05, 0) is 23.8 Å². The van der Waals surface area contributed by atoms with Gasteiger partial charge in [0.15, 0.2) is 0 Å². The molecule has 0 unspecified atom stereocenters. The molecule has 0 saturated heterocycles. The highest BCUT2D eigenvalue weighted by Crippen LogP contribution is 2.29. The monoisotopic (exact) mass is 356 g/mol. The van der Waals surface area contributed by atoms with E-state index in [2.05, 4.69) is 10.6 Å². The Labute approximate surface area is 144 Å². The number of nitrogens with one attached hydrogen (secondary N) is 2. The number of hydrogen-bond acceptors (Lipinski definition) is 2. The van der Waals surface area contributed by atoms with E-state index >= 15 is 0 Å². The minimum Gasteiger partial charge on any atom is -0.383 e. The van der Waals surface area contributed by atoms with Crippen LogP contribution in [0.15, 0.2) is 42.5 Å². The summed E-state index contributed by atoms with van der Waals surface area (Å²) >= 11 is 18.0. The maximum absolute atomic E-state index is 11.8. The summed E-state index contributed by atoms with van der Waals surface area (Å²) in [6, 6.07) is 12.7. The predicted octanol–water partition coefficient (Wildman–Crippen LogP) is 4.77. The molecule has 2 N–H and O–H groups in total. The third-order valence-electron chi connectivity index (χ3n) is 3.05. The Morgan fingerprint density at radius 2 is 1.68 bits per heavy atom. The zero-order chi connectivity index (χ0) is 15.9. The molecule has 0 aliphatic rings. The van der Waals surface area contributed by atoms with E-state index in [1.807, 2.05) is 24.3 Å². The molecular weight excluding hydrogens is 343 g/mol. The number of carbonyl (C=O) groups is 1. The Balaban J connectivity index is 1.76. The van der Waals surface area contributed by atoms with Crippen molar-refractivity contribution >= 4 is 46.4 Å². The van der Waals surface area contributed by atoms with Crippen molar-refractivity contribution in [3.63, 3.8) is 0 Å². The van der Waals surface area contributed by atoms with E-state index < -0.39 is 0 Å². The topological polar surface area (TPSA) is 41.1 Å². The van der Waals surface area contributed by atoms with Gasteiger partial charge < -0.3 is 10.6 Å². The van der Waals surface area contributed by atoms with E-state index in [-0.39, 0.29) is 5.91 Å². The molecule has 2 rings (SSSR count). The van der Waals surface area contributed by atoms with E-state index in [9.17, 15) is 4.79 Å². The van der Waals surface area contributed by atoms with Gasteiger partial charge in [0.25, 0.3) is 0 Å². The number of amides is 1. The summed E-state index contributed by atoms with van der Waals surface area (Å²) in [6.45, 7) is 0.880. The molecule has 0 aromatic heterocycles. The van der Waals surface area contributed by atoms with Gasteiger partial charge in [-0.1, -0.05) is 59.1 Å². The highest BCUT2D eigenvalue weighted by atomic mass is 35.5. The Kier molecular flexibility index (Phi) is 6.37. The third-order valence-corrected chi connectivity index (χ3v) is 4.24. The quantitative estimate of drug-likeness (QED) is 0.782. The molecule has 0 saturated carbocycles. The highest BCUT2D eigenvalue weighted by molar-refractivity contribution is 6.43. The van der Waals surface area contributed by atoms with Crippen molar-refractivity contribution < 1.29 is 4.79 Å². The SMILES string of the molecule is O=C(CCNc1cccc(Cl)c1Cl)NCc1ccccc1Cl. The van der Waals surface area contributed by atoms with E-state index in [0.29, 0.717) is 40.3 Å². The van der Waals surface area contributed by atoms with Crippen molar-refractivity contribution in [3.05, 3.63) is 63.1 Å². The van der Waals surface area contributed by atoms with Crippen LogP contribution in [0, 0.1) is 0 Å². The molecular formula is C16H15Cl3N2O. The van der Waals surface area contributed by atoms with Gasteiger partial charge in [0.05, 0.1) is 15.7 Å². The fraction of sp³-hybridized carbons (Fsp3) is 0.188. The average Bonchev–Trinajstić information content (AvgIpc) is 2.51. The van der Waals surface area contributed by atoms with Crippen LogP contribution < -0.4 is 10.6 Å². The van der Waals surface area contributed by atoms with Crippen molar-refractivity contribution in [2.75, 3.05) is 11.9 Å². The first-order chi connectivity index (χ1) is 10.6. The summed E-state index contributed by atoms with van der Waals surface area (Å²) in [4.78, 5) is 11.8. The molecule has 1 amide bonds. The van der Waals surface area contributed by atoms with Crippen LogP contribution in [0.1, 0.15) is 12.0 Å². The second-order valence-electron chi connectivity index (χ2n) is 4.65. The van der Waals surface area contributed by atoms with Crippen molar-refractivity contribution in [2.24, 2.45) is 0 Å². The minimum absolute atomic E-state index is 0.0643. The maximum atomic E-state index is 11.8. The largest absolute Gasteiger partial charge is 0.383 e. The average molecular weight is 358 g/mol. The second-order valence-corrected chi connectivity index (χ2v) is 5.84. The van der Waals surface area contributed by atoms with Crippen molar-refractivity contribution in [1.82, 2.24) is 5.32 Å². The van der Waals surface area contributed by atoms with Crippen LogP contribution in [0.5, 0.6) is 0 Å². The van der Waals surface area contributed by atoms with Gasteiger partial charge >= 0.3 is 0 Å². The number of rotatable bonds is 6. The summed E-state index contributed by atoms with van der Waals surface area (Å²) in [5.41, 5.74) is 1.61. The molecule has 2 aromatic carbocycles. The summed E-state index contributed by atoms with van der Waals surface area (Å²) in [6.07, 6.45) is 0.327. The van der Waals surface area contributed by atoms with Gasteiger partial charge in [0, 0.05) is 24.5 Å². The standard InChI is InChI=1S/C16H15Cl3N2O/c17-12-5-2-1-4-11(12)10-21-15(22)8-9-20-14-7-3-6-13(18)16(14)19/h1-7,20H,8-10H2,(H,21,22). The molecule has 0 fully saturated rings. The zero-order valence-electron chi connectivity index (χ0n) is 11.7. The smallest absolute Gasteiger partial charge is 0.222 e. The zero-order valence-corrected chi connectivity index (χ0v) is 14.0. The lowest BCUT2D eigenvalue weighted by Crippen LogP contribution is -2.25. The van der Waals surface area contributed by atoms with Crippen LogP contribution in [0.4, 0.5) is 5.69 Å². The summed E-state index contributed by atoms with van der Waals surface area (Å²) in [5, 5.41) is 7.51. The van der Waals surface area contributed by atoms with E-state index in [4.69, 9.17) is 34.8 Å². The molecule has 6 heteroatoms. The van der Waals surface area contributed by atoms with Crippen LogP contribution in [0.25, 0.3) is 0 Å². The van der Waals surface area contributed by atoms with Gasteiger partial charge in [-0.25, -0.2) is 0 Å². The first-order valence-electron chi connectivity index (χ1n) is 6.76. The predicted molar refractivity (Wildman–Crippen MR) is 92.9 cm³/mol. The normalized spacial score (nSPS) is 10.3. The Hall–Kier alpha value is -1.42. The number of anilines is 1. The first kappa shape index (κ1) is 16.9. The number of benzene rings is 2. The Morgan fingerprint density at radius 3 is 2.45 bits per heavy atom. The van der Waals surface area contributed by atoms with E-state index in [1.165, 1.54) is 0 Å². The lowest BCUT2D eigenvalue weighted by molar-refractivity contribution is -0.121. The molecule has 0 heterocycles. The number of halogens is 3. The van der Waals surface area contributed by atoms with Gasteiger partial charge in [-0.2, -0.15) is 0 Å². The van der Waals surface area contributed by atoms with Crippen LogP contribution in [0.3, 0.4) is 0 Å². The third kappa shape index (κ3) is 4.80. The maximum Gasteiger partial charge on any atom is 0.222 e. The molecule has 3 nitrogen and oxygen atoms in total. The van der Waals surface area contributed by atoms with Crippen LogP contribution in [-0.2, 0) is 11.3 Å². The molecule has 0 aliphatic carbocycles. The highest BCUT2D eigenvalue weighted by Gasteiger charge is 2.06. The van der Waals surface area contributed by atoms with Gasteiger partial charge in [0.2, 0.25) is 5.91 Å². The van der Waals surface area contributed by atoms with Crippen LogP contribution >= 0.6 is 34.8 Å². The fourth-order valence-corrected chi connectivity index (χ4v) is 2.44. The van der Waals surface area contributed by atoms with Crippen molar-refractivity contribution in [1.29, 1.82) is 0 Å². The molecule has 0 aliphatic heterocycles. The van der Waals surface area contributed by atoms with Gasteiger partial charge in [0.1, 0.15) is 0 Å². The molecule has 22 heavy (non-hydrogen) atoms. The molecule has 0 radical (unpaired) electrons. The Morgan fingerprint density at radius 1 is 0.955 bits per heavy atom. The van der Waals surface area contributed by atoms with E-state index in [1.54, 1.807) is 18.2 Å².